The molecule has 1 aromatic rings. The molecule has 0 radical (unpaired) electrons. The van der Waals surface area contributed by atoms with Crippen LogP contribution < -0.4 is 0 Å². The van der Waals surface area contributed by atoms with Gasteiger partial charge < -0.3 is 17.5 Å². The Morgan fingerprint density at radius 2 is 1.71 bits per heavy atom. The molecule has 5 heteroatoms. The zero-order valence-electron chi connectivity index (χ0n) is 14.1. The summed E-state index contributed by atoms with van der Waals surface area (Å²) >= 11 is 0. The largest absolute Gasteiger partial charge is 2.00 e. The molecule has 0 aliphatic rings. The standard InChI is InChI=1S/C15H25N2OP.CH3.Ni/c1-14(2,3)19(15(4,5)6)11-13(18)17-12-8-7-9-16-10-12;;/h7-10H,11H2,1-6H3,(H,17,18);1H3;/q;-1;+2. The van der Waals surface area contributed by atoms with E-state index in [0.29, 0.717) is 11.8 Å². The van der Waals surface area contributed by atoms with E-state index < -0.39 is 7.92 Å². The summed E-state index contributed by atoms with van der Waals surface area (Å²) in [6, 6.07) is 3.61. The first kappa shape index (κ1) is 22.8. The molecule has 0 saturated heterocycles. The number of carbonyl (C=O) groups is 1. The molecular weight excluding hydrogens is 326 g/mol. The maximum Gasteiger partial charge on any atom is 2.00 e. The molecule has 0 aromatic carbocycles. The van der Waals surface area contributed by atoms with Crippen LogP contribution in [0.3, 0.4) is 0 Å². The van der Waals surface area contributed by atoms with E-state index in [9.17, 15) is 4.79 Å². The average molecular weight is 354 g/mol. The van der Waals surface area contributed by atoms with Crippen LogP contribution >= 0.6 is 7.92 Å². The van der Waals surface area contributed by atoms with Crippen molar-refractivity contribution in [3.63, 3.8) is 0 Å². The summed E-state index contributed by atoms with van der Waals surface area (Å²) in [5.74, 6) is -0.0215. The van der Waals surface area contributed by atoms with Crippen LogP contribution in [0, 0.1) is 7.43 Å². The molecule has 0 aliphatic heterocycles. The normalized spacial score (nSPS) is 11.4. The Balaban J connectivity index is 0. The maximum absolute atomic E-state index is 12.1. The van der Waals surface area contributed by atoms with Gasteiger partial charge in [0.1, 0.15) is 0 Å². The summed E-state index contributed by atoms with van der Waals surface area (Å²) in [4.78, 5) is 16.1. The molecule has 1 amide bonds. The zero-order chi connectivity index (χ0) is 14.7. The van der Waals surface area contributed by atoms with Crippen molar-refractivity contribution in [2.24, 2.45) is 0 Å². The molecule has 0 spiro atoms. The van der Waals surface area contributed by atoms with Crippen molar-refractivity contribution < 1.29 is 21.3 Å². The molecular formula is C16H28N2NiOP+. The van der Waals surface area contributed by atoms with Gasteiger partial charge in [0.2, 0.25) is 0 Å². The molecule has 0 fully saturated rings. The Bertz CT molecular complexity index is 410. The van der Waals surface area contributed by atoms with Gasteiger partial charge in [0.15, 0.2) is 0 Å². The molecule has 3 nitrogen and oxygen atoms in total. The van der Waals surface area contributed by atoms with Gasteiger partial charge in [0, 0.05) is 20.3 Å². The van der Waals surface area contributed by atoms with Gasteiger partial charge in [-0.05, 0) is 47.6 Å². The van der Waals surface area contributed by atoms with Crippen LogP contribution in [0.25, 0.3) is 5.32 Å². The molecule has 122 valence electrons. The van der Waals surface area contributed by atoms with E-state index in [-0.39, 0.29) is 40.1 Å². The van der Waals surface area contributed by atoms with Crippen LogP contribution in [0.5, 0.6) is 0 Å². The molecule has 0 bridgehead atoms. The summed E-state index contributed by atoms with van der Waals surface area (Å²) in [6.07, 6.45) is 3.88. The van der Waals surface area contributed by atoms with Crippen LogP contribution in [0.4, 0.5) is 5.69 Å². The van der Waals surface area contributed by atoms with Crippen LogP contribution in [-0.4, -0.2) is 27.4 Å². The summed E-state index contributed by atoms with van der Waals surface area (Å²) < 4.78 is 0. The van der Waals surface area contributed by atoms with Crippen molar-refractivity contribution in [3.8, 4) is 0 Å². The fraction of sp³-hybridized carbons (Fsp3) is 0.562. The van der Waals surface area contributed by atoms with Crippen molar-refractivity contribution in [1.29, 1.82) is 0 Å². The molecule has 1 rings (SSSR count). The van der Waals surface area contributed by atoms with Gasteiger partial charge in [-0.1, -0.05) is 6.07 Å². The van der Waals surface area contributed by atoms with Gasteiger partial charge in [-0.15, -0.1) is 5.69 Å². The van der Waals surface area contributed by atoms with E-state index in [1.165, 1.54) is 0 Å². The molecule has 0 aliphatic carbocycles. The smallest absolute Gasteiger partial charge is 0.623 e. The second-order valence-corrected chi connectivity index (χ2v) is 11.2. The molecule has 21 heavy (non-hydrogen) atoms. The third-order valence-corrected chi connectivity index (χ3v) is 7.32. The maximum atomic E-state index is 12.1. The van der Waals surface area contributed by atoms with Gasteiger partial charge in [0.25, 0.3) is 0 Å². The van der Waals surface area contributed by atoms with Crippen LogP contribution in [-0.2, 0) is 21.3 Å². The number of pyridine rings is 1. The first-order valence-electron chi connectivity index (χ1n) is 6.62. The quantitative estimate of drug-likeness (QED) is 0.442. The number of carbonyl (C=O) groups excluding carboxylic acids is 1. The fourth-order valence-electron chi connectivity index (χ4n) is 2.41. The Kier molecular flexibility index (Phi) is 9.63. The van der Waals surface area contributed by atoms with Crippen LogP contribution in [0.2, 0.25) is 0 Å². The van der Waals surface area contributed by atoms with E-state index in [2.05, 4.69) is 51.8 Å². The van der Waals surface area contributed by atoms with E-state index >= 15 is 0 Å². The van der Waals surface area contributed by atoms with E-state index in [0.717, 1.165) is 0 Å². The predicted octanol–water partition coefficient (Wildman–Crippen LogP) is 4.87. The third-order valence-electron chi connectivity index (χ3n) is 3.04. The number of hydrogen-bond acceptors (Lipinski definition) is 2. The summed E-state index contributed by atoms with van der Waals surface area (Å²) in [7, 11) is -0.858. The SMILES string of the molecule is CC(C)(C)[PH+](CC(=O)[N-]c1cccnc1)C(C)(C)C.[CH3-].[Ni+2]. The minimum absolute atomic E-state index is 0. The monoisotopic (exact) mass is 353 g/mol. The fourth-order valence-corrected chi connectivity index (χ4v) is 6.10. The van der Waals surface area contributed by atoms with Crippen molar-refractivity contribution in [2.75, 3.05) is 6.16 Å². The Morgan fingerprint density at radius 3 is 2.10 bits per heavy atom. The molecule has 0 unspecified atom stereocenters. The number of hydrogen-bond donors (Lipinski definition) is 0. The van der Waals surface area contributed by atoms with Crippen LogP contribution in [0.1, 0.15) is 41.5 Å². The van der Waals surface area contributed by atoms with Crippen molar-refractivity contribution >= 4 is 19.5 Å². The minimum Gasteiger partial charge on any atom is -0.623 e. The molecule has 0 saturated carbocycles. The summed E-state index contributed by atoms with van der Waals surface area (Å²) in [6.45, 7) is 13.4. The van der Waals surface area contributed by atoms with Gasteiger partial charge in [-0.25, -0.2) is 0 Å². The van der Waals surface area contributed by atoms with Crippen LogP contribution in [0.15, 0.2) is 24.5 Å². The average Bonchev–Trinajstić information content (AvgIpc) is 2.24. The molecule has 0 N–H and O–H groups in total. The molecule has 1 heterocycles. The van der Waals surface area contributed by atoms with Gasteiger partial charge in [0.05, 0.1) is 22.4 Å². The number of nitrogens with zero attached hydrogens (tertiary/aromatic N) is 2. The van der Waals surface area contributed by atoms with Crippen molar-refractivity contribution in [3.05, 3.63) is 37.3 Å². The Hall–Kier alpha value is -0.456. The summed E-state index contributed by atoms with van der Waals surface area (Å²) in [5.41, 5.74) is 0.650. The first-order valence-corrected chi connectivity index (χ1v) is 8.33. The van der Waals surface area contributed by atoms with Crippen molar-refractivity contribution in [1.82, 2.24) is 4.98 Å². The zero-order valence-corrected chi connectivity index (χ0v) is 16.1. The first-order chi connectivity index (χ1) is 8.60. The van der Waals surface area contributed by atoms with Gasteiger partial charge >= 0.3 is 16.5 Å². The van der Waals surface area contributed by atoms with E-state index in [4.69, 9.17) is 0 Å². The summed E-state index contributed by atoms with van der Waals surface area (Å²) in [5, 5.41) is 4.52. The Labute approximate surface area is 141 Å². The van der Waals surface area contributed by atoms with Gasteiger partial charge in [-0.2, -0.15) is 0 Å². The number of rotatable bonds is 3. The minimum atomic E-state index is -0.858. The number of aromatic nitrogens is 1. The van der Waals surface area contributed by atoms with Crippen molar-refractivity contribution in [2.45, 2.75) is 51.9 Å². The third kappa shape index (κ3) is 7.93. The van der Waals surface area contributed by atoms with Gasteiger partial charge in [-0.3, -0.25) is 4.98 Å². The Morgan fingerprint density at radius 1 is 1.19 bits per heavy atom. The second kappa shape index (κ2) is 8.86. The molecule has 0 atom stereocenters. The molecule has 1 aromatic heterocycles. The topological polar surface area (TPSA) is 44.1 Å². The predicted molar refractivity (Wildman–Crippen MR) is 91.4 cm³/mol. The second-order valence-electron chi connectivity index (χ2n) is 6.87. The number of amides is 1. The van der Waals surface area contributed by atoms with E-state index in [1.54, 1.807) is 18.5 Å². The van der Waals surface area contributed by atoms with E-state index in [1.807, 2.05) is 6.07 Å².